The van der Waals surface area contributed by atoms with Crippen LogP contribution in [0, 0.1) is 15.3 Å². The first-order valence-corrected chi connectivity index (χ1v) is 0.548. The van der Waals surface area contributed by atoms with Crippen molar-refractivity contribution in [3.8, 4) is 0 Å². The van der Waals surface area contributed by atoms with Gasteiger partial charge in [0.1, 0.15) is 0 Å². The number of halogens is 1. The fourth-order valence-electron chi connectivity index (χ4n) is 0. The number of rotatable bonds is 0. The van der Waals surface area contributed by atoms with Crippen molar-refractivity contribution in [3.63, 3.8) is 0 Å². The van der Waals surface area contributed by atoms with Gasteiger partial charge in [-0.1, -0.05) is 0 Å². The molecule has 0 fully saturated rings. The fourth-order valence-corrected chi connectivity index (χ4v) is 0. The van der Waals surface area contributed by atoms with Gasteiger partial charge in [-0.25, -0.2) is 0 Å². The molecule has 4 nitrogen and oxygen atoms in total. The van der Waals surface area contributed by atoms with Gasteiger partial charge in [0.15, 0.2) is 17.4 Å². The predicted octanol–water partition coefficient (Wildman–Crippen LogP) is -4.80. The summed E-state index contributed by atoms with van der Waals surface area (Å²) in [5.41, 5.74) is 0. The second-order valence-electron chi connectivity index (χ2n) is 0.224. The normalized spacial score (nSPS) is 3.43. The zero-order valence-electron chi connectivity index (χ0n) is 2.76. The van der Waals surface area contributed by atoms with Gasteiger partial charge < -0.3 is 27.7 Å². The van der Waals surface area contributed by atoms with Crippen LogP contribution in [0.2, 0.25) is 0 Å². The van der Waals surface area contributed by atoms with E-state index in [-0.39, 0.29) is 67.5 Å². The Kier molecular flexibility index (Phi) is 53.6. The van der Waals surface area contributed by atoms with Crippen molar-refractivity contribution in [2.45, 2.75) is 0 Å². The number of hydrogen-bond acceptors (Lipinski definition) is 3. The average Bonchev–Trinajstić information content (AvgIpc) is 0.811. The van der Waals surface area contributed by atoms with E-state index in [9.17, 15) is 0 Å². The maximum Gasteiger partial charge on any atom is 2.00 e. The van der Waals surface area contributed by atoms with Crippen LogP contribution in [0.5, 0.6) is 0 Å². The van der Waals surface area contributed by atoms with Gasteiger partial charge in [-0.05, 0) is 0 Å². The van der Waals surface area contributed by atoms with Crippen molar-refractivity contribution < 1.29 is 17.5 Å². The van der Waals surface area contributed by atoms with E-state index in [4.69, 9.17) is 15.3 Å². The second-order valence-corrected chi connectivity index (χ2v) is 0.224. The van der Waals surface area contributed by atoms with Gasteiger partial charge in [0.25, 0.3) is 0 Å². The molecule has 0 aliphatic carbocycles. The summed E-state index contributed by atoms with van der Waals surface area (Å²) >= 11 is 0. The molecule has 7 heavy (non-hydrogen) atoms. The standard InChI is InChI=1S/Al.Ca.ClH.NO3.3H/c;;;2-1(3)4;;;/h;;1H;;;;/q;+2;;-1;;;/p-1. The Balaban J connectivity index is -0.0000000150. The molecule has 0 unspecified atom stereocenters. The summed E-state index contributed by atoms with van der Waals surface area (Å²) in [6.07, 6.45) is 0. The van der Waals surface area contributed by atoms with Gasteiger partial charge in [0, 0.05) is 0 Å². The Labute approximate surface area is 86.9 Å². The molecular formula is H3AlCaClNO3. The van der Waals surface area contributed by atoms with Crippen molar-refractivity contribution in [1.82, 2.24) is 0 Å². The Hall–Kier alpha value is 1.28. The fraction of sp³-hybridized carbons (Fsp3) is 0. The van der Waals surface area contributed by atoms with Crippen LogP contribution in [0.15, 0.2) is 0 Å². The van der Waals surface area contributed by atoms with Crippen LogP contribution in [-0.4, -0.2) is 60.2 Å². The molecule has 0 amide bonds. The van der Waals surface area contributed by atoms with Crippen LogP contribution >= 0.6 is 0 Å². The van der Waals surface area contributed by atoms with Gasteiger partial charge in [0.2, 0.25) is 0 Å². The minimum absolute atomic E-state index is 0. The van der Waals surface area contributed by atoms with E-state index in [2.05, 4.69) is 0 Å². The molecule has 0 saturated heterocycles. The maximum absolute atomic E-state index is 8.25. The zero-order chi connectivity index (χ0) is 3.58. The van der Waals surface area contributed by atoms with Gasteiger partial charge >= 0.3 is 37.7 Å². The molecule has 0 aromatic heterocycles. The third-order valence-electron chi connectivity index (χ3n) is 0. The van der Waals surface area contributed by atoms with E-state index >= 15 is 0 Å². The molecule has 0 aliphatic heterocycles. The van der Waals surface area contributed by atoms with Gasteiger partial charge in [-0.3, -0.25) is 0 Å². The molecule has 0 aromatic rings. The van der Waals surface area contributed by atoms with E-state index in [0.717, 1.165) is 0 Å². The summed E-state index contributed by atoms with van der Waals surface area (Å²) in [6.45, 7) is 0. The third-order valence-corrected chi connectivity index (χ3v) is 0. The maximum atomic E-state index is 8.25. The monoisotopic (exact) mass is 167 g/mol. The Bertz CT molecular complexity index is 37.9. The van der Waals surface area contributed by atoms with Crippen molar-refractivity contribution in [1.29, 1.82) is 0 Å². The molecular weight excluding hydrogens is 165 g/mol. The number of hydrogen-bond donors (Lipinski definition) is 0. The van der Waals surface area contributed by atoms with Crippen LogP contribution < -0.4 is 12.4 Å². The molecule has 38 valence electrons. The molecule has 0 aliphatic rings. The molecule has 0 atom stereocenters. The summed E-state index contributed by atoms with van der Waals surface area (Å²) in [7, 11) is 0. The smallest absolute Gasteiger partial charge is 1.00 e. The van der Waals surface area contributed by atoms with E-state index in [1.807, 2.05) is 0 Å². The van der Waals surface area contributed by atoms with E-state index in [1.54, 1.807) is 0 Å². The van der Waals surface area contributed by atoms with E-state index < -0.39 is 5.09 Å². The Morgan fingerprint density at radius 1 is 1.29 bits per heavy atom. The van der Waals surface area contributed by atoms with Crippen LogP contribution in [0.4, 0.5) is 0 Å². The Morgan fingerprint density at radius 3 is 1.29 bits per heavy atom. The van der Waals surface area contributed by atoms with Crippen molar-refractivity contribution in [2.75, 3.05) is 0 Å². The quantitative estimate of drug-likeness (QED) is 0.207. The zero-order valence-corrected chi connectivity index (χ0v) is 5.72. The van der Waals surface area contributed by atoms with Crippen molar-refractivity contribution in [3.05, 3.63) is 15.3 Å². The molecule has 0 saturated carbocycles. The van der Waals surface area contributed by atoms with Gasteiger partial charge in [-0.2, -0.15) is 0 Å². The van der Waals surface area contributed by atoms with Crippen LogP contribution in [0.25, 0.3) is 0 Å². The minimum atomic E-state index is -1.75. The molecule has 0 aromatic carbocycles. The first kappa shape index (κ1) is 24.0. The topological polar surface area (TPSA) is 66.2 Å². The number of nitrogens with zero attached hydrogens (tertiary/aromatic N) is 1. The molecule has 0 bridgehead atoms. The molecule has 0 rings (SSSR count). The molecule has 0 heterocycles. The van der Waals surface area contributed by atoms with E-state index in [0.29, 0.717) is 0 Å². The molecule has 0 spiro atoms. The summed E-state index contributed by atoms with van der Waals surface area (Å²) in [5, 5.41) is 14.8. The second kappa shape index (κ2) is 15.7. The van der Waals surface area contributed by atoms with Crippen LogP contribution in [0.3, 0.4) is 0 Å². The van der Waals surface area contributed by atoms with Crippen LogP contribution in [0.1, 0.15) is 0 Å². The van der Waals surface area contributed by atoms with Crippen molar-refractivity contribution in [2.24, 2.45) is 0 Å². The SMILES string of the molecule is O=[N+]([O-])[O-].[AlH3].[Ca+2].[Cl-]. The summed E-state index contributed by atoms with van der Waals surface area (Å²) < 4.78 is 0. The summed E-state index contributed by atoms with van der Waals surface area (Å²) in [6, 6.07) is 0. The first-order valence-electron chi connectivity index (χ1n) is 0.548. The first-order chi connectivity index (χ1) is 1.73. The van der Waals surface area contributed by atoms with Gasteiger partial charge in [-0.15, -0.1) is 0 Å². The Morgan fingerprint density at radius 2 is 1.29 bits per heavy atom. The largest absolute Gasteiger partial charge is 2.00 e. The molecule has 0 N–H and O–H groups in total. The molecule has 7 heteroatoms. The van der Waals surface area contributed by atoms with Gasteiger partial charge in [0.05, 0.1) is 5.09 Å². The summed E-state index contributed by atoms with van der Waals surface area (Å²) in [4.78, 5) is 8.25. The third kappa shape index (κ3) is 124. The van der Waals surface area contributed by atoms with Crippen LogP contribution in [-0.2, 0) is 0 Å². The van der Waals surface area contributed by atoms with Crippen molar-refractivity contribution >= 4 is 55.1 Å². The minimum Gasteiger partial charge on any atom is -1.00 e. The molecule has 0 radical (unpaired) electrons. The predicted molar refractivity (Wildman–Crippen MR) is 26.1 cm³/mol. The average molecular weight is 168 g/mol. The van der Waals surface area contributed by atoms with E-state index in [1.165, 1.54) is 0 Å². The summed E-state index contributed by atoms with van der Waals surface area (Å²) in [5.74, 6) is 0.